The Kier molecular flexibility index (Phi) is 5.10. The van der Waals surface area contributed by atoms with Crippen LogP contribution >= 0.6 is 11.6 Å². The monoisotopic (exact) mass is 376 g/mol. The quantitative estimate of drug-likeness (QED) is 0.746. The SMILES string of the molecule is O=C(Nc1cc(Cl)ccc1OCC1CCCO1)c1n[nH]c2c1CNCC2. The Hall–Kier alpha value is -2.09. The number of H-pyrrole nitrogens is 1. The first kappa shape index (κ1) is 17.3. The average Bonchev–Trinajstić information content (AvgIpc) is 3.30. The summed E-state index contributed by atoms with van der Waals surface area (Å²) >= 11 is 6.10. The lowest BCUT2D eigenvalue weighted by Gasteiger charge is -2.16. The molecule has 2 aromatic rings. The molecule has 1 fully saturated rings. The van der Waals surface area contributed by atoms with Gasteiger partial charge in [-0.2, -0.15) is 5.10 Å². The van der Waals surface area contributed by atoms with E-state index in [0.29, 0.717) is 35.3 Å². The summed E-state index contributed by atoms with van der Waals surface area (Å²) in [6.45, 7) is 2.74. The van der Waals surface area contributed by atoms with Crippen LogP contribution in [0.25, 0.3) is 0 Å². The predicted octanol–water partition coefficient (Wildman–Crippen LogP) is 2.52. The van der Waals surface area contributed by atoms with Gasteiger partial charge in [0, 0.05) is 42.4 Å². The number of hydrogen-bond acceptors (Lipinski definition) is 5. The number of carbonyl (C=O) groups is 1. The Morgan fingerprint density at radius 3 is 3.23 bits per heavy atom. The molecule has 0 saturated carbocycles. The number of anilines is 1. The van der Waals surface area contributed by atoms with Crippen molar-refractivity contribution < 1.29 is 14.3 Å². The van der Waals surface area contributed by atoms with Crippen molar-refractivity contribution in [3.05, 3.63) is 40.2 Å². The molecule has 1 atom stereocenters. The van der Waals surface area contributed by atoms with Crippen LogP contribution in [-0.2, 0) is 17.7 Å². The first-order chi connectivity index (χ1) is 12.7. The highest BCUT2D eigenvalue weighted by molar-refractivity contribution is 6.31. The van der Waals surface area contributed by atoms with E-state index in [1.807, 2.05) is 0 Å². The van der Waals surface area contributed by atoms with Gasteiger partial charge in [-0.15, -0.1) is 0 Å². The number of aromatic amines is 1. The van der Waals surface area contributed by atoms with E-state index >= 15 is 0 Å². The van der Waals surface area contributed by atoms with Gasteiger partial charge in [0.2, 0.25) is 0 Å². The van der Waals surface area contributed by atoms with Crippen molar-refractivity contribution in [3.63, 3.8) is 0 Å². The van der Waals surface area contributed by atoms with Crippen molar-refractivity contribution in [1.82, 2.24) is 15.5 Å². The normalized spacial score (nSPS) is 19.2. The zero-order valence-electron chi connectivity index (χ0n) is 14.3. The lowest BCUT2D eigenvalue weighted by Crippen LogP contribution is -2.25. The minimum atomic E-state index is -0.282. The molecule has 4 rings (SSSR count). The highest BCUT2D eigenvalue weighted by Crippen LogP contribution is 2.29. The Bertz CT molecular complexity index is 802. The minimum absolute atomic E-state index is 0.0960. The minimum Gasteiger partial charge on any atom is -0.489 e. The summed E-state index contributed by atoms with van der Waals surface area (Å²) in [5.74, 6) is 0.288. The standard InChI is InChI=1S/C18H21ClN4O3/c19-11-3-4-16(26-10-12-2-1-7-25-12)15(8-11)21-18(24)17-13-9-20-6-5-14(13)22-23-17/h3-4,8,12,20H,1-2,5-7,9-10H2,(H,21,24)(H,22,23). The van der Waals surface area contributed by atoms with Crippen molar-refractivity contribution in [2.75, 3.05) is 25.1 Å². The molecule has 1 amide bonds. The molecule has 1 unspecified atom stereocenters. The molecule has 3 N–H and O–H groups in total. The number of rotatable bonds is 5. The molecule has 0 aliphatic carbocycles. The summed E-state index contributed by atoms with van der Waals surface area (Å²) in [7, 11) is 0. The maximum atomic E-state index is 12.7. The molecule has 8 heteroatoms. The van der Waals surface area contributed by atoms with E-state index in [9.17, 15) is 4.79 Å². The molecule has 1 aromatic heterocycles. The fourth-order valence-corrected chi connectivity index (χ4v) is 3.45. The van der Waals surface area contributed by atoms with Gasteiger partial charge in [-0.25, -0.2) is 0 Å². The second-order valence-electron chi connectivity index (χ2n) is 6.50. The first-order valence-corrected chi connectivity index (χ1v) is 9.20. The van der Waals surface area contributed by atoms with Crippen molar-refractivity contribution in [1.29, 1.82) is 0 Å². The Morgan fingerprint density at radius 2 is 2.38 bits per heavy atom. The summed E-state index contributed by atoms with van der Waals surface area (Å²) < 4.78 is 11.4. The van der Waals surface area contributed by atoms with Gasteiger partial charge in [-0.3, -0.25) is 9.89 Å². The number of amides is 1. The van der Waals surface area contributed by atoms with E-state index in [-0.39, 0.29) is 12.0 Å². The molecule has 0 radical (unpaired) electrons. The number of ether oxygens (including phenoxy) is 2. The van der Waals surface area contributed by atoms with E-state index in [1.165, 1.54) is 0 Å². The van der Waals surface area contributed by atoms with Crippen LogP contribution in [0.3, 0.4) is 0 Å². The van der Waals surface area contributed by atoms with E-state index in [0.717, 1.165) is 43.7 Å². The Balaban J connectivity index is 1.50. The van der Waals surface area contributed by atoms with Crippen LogP contribution in [0, 0.1) is 0 Å². The second kappa shape index (κ2) is 7.65. The molecule has 138 valence electrons. The third-order valence-electron chi connectivity index (χ3n) is 4.66. The number of halogens is 1. The second-order valence-corrected chi connectivity index (χ2v) is 6.93. The number of nitrogens with one attached hydrogen (secondary N) is 3. The molecule has 2 aliphatic rings. The average molecular weight is 377 g/mol. The molecule has 26 heavy (non-hydrogen) atoms. The zero-order valence-corrected chi connectivity index (χ0v) is 15.1. The van der Waals surface area contributed by atoms with Gasteiger partial charge < -0.3 is 20.1 Å². The summed E-state index contributed by atoms with van der Waals surface area (Å²) in [5, 5.41) is 13.8. The third kappa shape index (κ3) is 3.70. The Labute approximate surface area is 156 Å². The van der Waals surface area contributed by atoms with Gasteiger partial charge >= 0.3 is 0 Å². The highest BCUT2D eigenvalue weighted by Gasteiger charge is 2.23. The first-order valence-electron chi connectivity index (χ1n) is 8.83. The van der Waals surface area contributed by atoms with Gasteiger partial charge in [-0.1, -0.05) is 11.6 Å². The molecule has 1 aromatic carbocycles. The van der Waals surface area contributed by atoms with Gasteiger partial charge in [0.15, 0.2) is 5.69 Å². The Morgan fingerprint density at radius 1 is 1.46 bits per heavy atom. The topological polar surface area (TPSA) is 88.3 Å². The van der Waals surface area contributed by atoms with Crippen LogP contribution in [-0.4, -0.2) is 42.0 Å². The molecule has 1 saturated heterocycles. The van der Waals surface area contributed by atoms with Gasteiger partial charge in [0.1, 0.15) is 12.4 Å². The smallest absolute Gasteiger partial charge is 0.276 e. The summed E-state index contributed by atoms with van der Waals surface area (Å²) in [6, 6.07) is 5.18. The molecular formula is C18H21ClN4O3. The van der Waals surface area contributed by atoms with E-state index < -0.39 is 0 Å². The molecule has 0 bridgehead atoms. The van der Waals surface area contributed by atoms with Crippen LogP contribution in [0.2, 0.25) is 5.02 Å². The van der Waals surface area contributed by atoms with Crippen molar-refractivity contribution in [3.8, 4) is 5.75 Å². The number of hydrogen-bond donors (Lipinski definition) is 3. The van der Waals surface area contributed by atoms with Crippen LogP contribution in [0.4, 0.5) is 5.69 Å². The summed E-state index contributed by atoms with van der Waals surface area (Å²) in [4.78, 5) is 12.7. The van der Waals surface area contributed by atoms with Crippen LogP contribution in [0.1, 0.15) is 34.6 Å². The number of nitrogens with zero attached hydrogens (tertiary/aromatic N) is 1. The van der Waals surface area contributed by atoms with Crippen molar-refractivity contribution in [2.24, 2.45) is 0 Å². The zero-order chi connectivity index (χ0) is 17.9. The highest BCUT2D eigenvalue weighted by atomic mass is 35.5. The van der Waals surface area contributed by atoms with E-state index in [4.69, 9.17) is 21.1 Å². The van der Waals surface area contributed by atoms with E-state index in [1.54, 1.807) is 18.2 Å². The number of benzene rings is 1. The van der Waals surface area contributed by atoms with Crippen molar-refractivity contribution >= 4 is 23.2 Å². The number of carbonyl (C=O) groups excluding carboxylic acids is 1. The summed E-state index contributed by atoms with van der Waals surface area (Å²) in [6.07, 6.45) is 2.97. The maximum Gasteiger partial charge on any atom is 0.276 e. The molecule has 0 spiro atoms. The van der Waals surface area contributed by atoms with Crippen LogP contribution in [0.5, 0.6) is 5.75 Å². The maximum absolute atomic E-state index is 12.7. The van der Waals surface area contributed by atoms with E-state index in [2.05, 4.69) is 20.8 Å². The summed E-state index contributed by atoms with van der Waals surface area (Å²) in [5.41, 5.74) is 2.85. The lowest BCUT2D eigenvalue weighted by atomic mass is 10.1. The van der Waals surface area contributed by atoms with Gasteiger partial charge in [0.25, 0.3) is 5.91 Å². The molecule has 2 aliphatic heterocycles. The number of aromatic nitrogens is 2. The lowest BCUT2D eigenvalue weighted by molar-refractivity contribution is 0.0682. The molecular weight excluding hydrogens is 356 g/mol. The molecule has 3 heterocycles. The number of fused-ring (bicyclic) bond motifs is 1. The van der Waals surface area contributed by atoms with Crippen molar-refractivity contribution in [2.45, 2.75) is 31.9 Å². The van der Waals surface area contributed by atoms with Gasteiger partial charge in [0.05, 0.1) is 11.8 Å². The van der Waals surface area contributed by atoms with Crippen LogP contribution in [0.15, 0.2) is 18.2 Å². The predicted molar refractivity (Wildman–Crippen MR) is 97.9 cm³/mol. The largest absolute Gasteiger partial charge is 0.489 e. The third-order valence-corrected chi connectivity index (χ3v) is 4.90. The van der Waals surface area contributed by atoms with Gasteiger partial charge in [-0.05, 0) is 31.0 Å². The fourth-order valence-electron chi connectivity index (χ4n) is 3.28. The molecule has 7 nitrogen and oxygen atoms in total. The fraction of sp³-hybridized carbons (Fsp3) is 0.444. The van der Waals surface area contributed by atoms with Crippen LogP contribution < -0.4 is 15.4 Å².